The molecule has 2 amide bonds. The van der Waals surface area contributed by atoms with E-state index in [-0.39, 0.29) is 17.9 Å². The number of rotatable bonds is 5. The molecule has 0 radical (unpaired) electrons. The van der Waals surface area contributed by atoms with Crippen LogP contribution in [-0.4, -0.2) is 29.0 Å². The van der Waals surface area contributed by atoms with Gasteiger partial charge in [0.05, 0.1) is 6.04 Å². The number of aromatic nitrogens is 1. The van der Waals surface area contributed by atoms with Crippen molar-refractivity contribution < 1.29 is 9.59 Å². The number of fused-ring (bicyclic) bond motifs is 1. The van der Waals surface area contributed by atoms with Crippen molar-refractivity contribution in [3.8, 4) is 0 Å². The van der Waals surface area contributed by atoms with Gasteiger partial charge in [0.15, 0.2) is 0 Å². The second kappa shape index (κ2) is 7.04. The Morgan fingerprint density at radius 3 is 2.65 bits per heavy atom. The Bertz CT molecular complexity index is 933. The quantitative estimate of drug-likeness (QED) is 0.771. The lowest BCUT2D eigenvalue weighted by Gasteiger charge is -2.17. The second-order valence-corrected chi connectivity index (χ2v) is 6.63. The first-order chi connectivity index (χ1) is 12.7. The molecule has 2 heterocycles. The number of benzene rings is 2. The summed E-state index contributed by atoms with van der Waals surface area (Å²) in [5.74, 6) is 0.0356. The molecule has 5 nitrogen and oxygen atoms in total. The lowest BCUT2D eigenvalue weighted by atomic mass is 10.2. The Morgan fingerprint density at radius 2 is 1.81 bits per heavy atom. The Hall–Kier alpha value is -3.08. The first kappa shape index (κ1) is 16.4. The molecule has 1 fully saturated rings. The Balaban J connectivity index is 1.33. The molecule has 1 aliphatic rings. The zero-order valence-electron chi connectivity index (χ0n) is 14.5. The topological polar surface area (TPSA) is 54.3 Å². The predicted molar refractivity (Wildman–Crippen MR) is 102 cm³/mol. The summed E-state index contributed by atoms with van der Waals surface area (Å²) in [6.07, 6.45) is 2.76. The van der Waals surface area contributed by atoms with Crippen molar-refractivity contribution >= 4 is 28.4 Å². The van der Waals surface area contributed by atoms with Gasteiger partial charge in [-0.05, 0) is 29.7 Å². The molecule has 0 aliphatic carbocycles. The van der Waals surface area contributed by atoms with Crippen LogP contribution in [0.1, 0.15) is 12.8 Å². The van der Waals surface area contributed by atoms with Gasteiger partial charge in [-0.3, -0.25) is 9.59 Å². The average Bonchev–Trinajstić information content (AvgIpc) is 3.24. The molecule has 2 aromatic carbocycles. The van der Waals surface area contributed by atoms with E-state index in [4.69, 9.17) is 0 Å². The summed E-state index contributed by atoms with van der Waals surface area (Å²) in [4.78, 5) is 26.3. The molecule has 26 heavy (non-hydrogen) atoms. The number of carbonyl (C=O) groups is 2. The van der Waals surface area contributed by atoms with E-state index in [1.807, 2.05) is 48.7 Å². The van der Waals surface area contributed by atoms with Crippen molar-refractivity contribution in [2.24, 2.45) is 0 Å². The molecule has 0 saturated carbocycles. The SMILES string of the molecule is O=C(CCn1ccc2ccccc21)NC1CC(=O)N(c2ccccc2)C1. The molecule has 1 aromatic heterocycles. The molecule has 1 atom stereocenters. The van der Waals surface area contributed by atoms with Crippen LogP contribution in [0.15, 0.2) is 66.9 Å². The number of nitrogens with one attached hydrogen (secondary N) is 1. The molecule has 1 N–H and O–H groups in total. The summed E-state index contributed by atoms with van der Waals surface area (Å²) in [5, 5.41) is 4.18. The van der Waals surface area contributed by atoms with E-state index < -0.39 is 0 Å². The minimum absolute atomic E-state index is 0.0181. The Kier molecular flexibility index (Phi) is 4.44. The normalized spacial score (nSPS) is 17.0. The molecule has 1 saturated heterocycles. The van der Waals surface area contributed by atoms with Crippen LogP contribution in [0.25, 0.3) is 10.9 Å². The largest absolute Gasteiger partial charge is 0.351 e. The van der Waals surface area contributed by atoms with Crippen LogP contribution in [0.4, 0.5) is 5.69 Å². The van der Waals surface area contributed by atoms with Gasteiger partial charge < -0.3 is 14.8 Å². The number of amides is 2. The third-order valence-corrected chi connectivity index (χ3v) is 4.82. The number of aryl methyl sites for hydroxylation is 1. The molecule has 132 valence electrons. The highest BCUT2D eigenvalue weighted by molar-refractivity contribution is 5.96. The fourth-order valence-corrected chi connectivity index (χ4v) is 3.52. The van der Waals surface area contributed by atoms with Gasteiger partial charge in [0.1, 0.15) is 0 Å². The number of nitrogens with zero attached hydrogens (tertiary/aromatic N) is 2. The lowest BCUT2D eigenvalue weighted by Crippen LogP contribution is -2.37. The summed E-state index contributed by atoms with van der Waals surface area (Å²) in [5.41, 5.74) is 2.01. The van der Waals surface area contributed by atoms with Crippen molar-refractivity contribution in [1.82, 2.24) is 9.88 Å². The van der Waals surface area contributed by atoms with E-state index in [1.165, 1.54) is 5.39 Å². The van der Waals surface area contributed by atoms with Crippen LogP contribution in [-0.2, 0) is 16.1 Å². The van der Waals surface area contributed by atoms with Crippen LogP contribution in [0, 0.1) is 0 Å². The van der Waals surface area contributed by atoms with Gasteiger partial charge >= 0.3 is 0 Å². The molecule has 3 aromatic rings. The number of carbonyl (C=O) groups excluding carboxylic acids is 2. The second-order valence-electron chi connectivity index (χ2n) is 6.63. The average molecular weight is 347 g/mol. The summed E-state index contributed by atoms with van der Waals surface area (Å²) >= 11 is 0. The summed E-state index contributed by atoms with van der Waals surface area (Å²) < 4.78 is 2.09. The molecule has 0 bridgehead atoms. The van der Waals surface area contributed by atoms with Crippen LogP contribution < -0.4 is 10.2 Å². The predicted octanol–water partition coefficient (Wildman–Crippen LogP) is 2.95. The van der Waals surface area contributed by atoms with Gasteiger partial charge in [0.2, 0.25) is 11.8 Å². The highest BCUT2D eigenvalue weighted by Crippen LogP contribution is 2.21. The van der Waals surface area contributed by atoms with E-state index in [9.17, 15) is 9.59 Å². The molecule has 1 aliphatic heterocycles. The highest BCUT2D eigenvalue weighted by Gasteiger charge is 2.31. The minimum Gasteiger partial charge on any atom is -0.351 e. The maximum Gasteiger partial charge on any atom is 0.229 e. The van der Waals surface area contributed by atoms with E-state index in [0.717, 1.165) is 11.2 Å². The van der Waals surface area contributed by atoms with E-state index in [0.29, 0.717) is 25.9 Å². The number of hydrogen-bond acceptors (Lipinski definition) is 2. The van der Waals surface area contributed by atoms with Gasteiger partial charge in [0, 0.05) is 43.3 Å². The van der Waals surface area contributed by atoms with Gasteiger partial charge in [-0.2, -0.15) is 0 Å². The van der Waals surface area contributed by atoms with Crippen molar-refractivity contribution in [2.45, 2.75) is 25.4 Å². The third kappa shape index (κ3) is 3.33. The van der Waals surface area contributed by atoms with Gasteiger partial charge in [-0.15, -0.1) is 0 Å². The van der Waals surface area contributed by atoms with Crippen LogP contribution in [0.2, 0.25) is 0 Å². The number of anilines is 1. The van der Waals surface area contributed by atoms with Gasteiger partial charge in [-0.25, -0.2) is 0 Å². The van der Waals surface area contributed by atoms with E-state index in [1.54, 1.807) is 4.90 Å². The first-order valence-electron chi connectivity index (χ1n) is 8.89. The highest BCUT2D eigenvalue weighted by atomic mass is 16.2. The van der Waals surface area contributed by atoms with Crippen molar-refractivity contribution in [3.05, 3.63) is 66.9 Å². The standard InChI is InChI=1S/C21H21N3O2/c25-20(11-13-23-12-10-16-6-4-5-9-19(16)23)22-17-14-21(26)24(15-17)18-7-2-1-3-8-18/h1-10,12,17H,11,13-15H2,(H,22,25). The third-order valence-electron chi connectivity index (χ3n) is 4.82. The maximum atomic E-state index is 12.3. The number of hydrogen-bond donors (Lipinski definition) is 1. The number of para-hydroxylation sites is 2. The molecule has 0 spiro atoms. The van der Waals surface area contributed by atoms with Crippen molar-refractivity contribution in [3.63, 3.8) is 0 Å². The van der Waals surface area contributed by atoms with Crippen molar-refractivity contribution in [1.29, 1.82) is 0 Å². The smallest absolute Gasteiger partial charge is 0.229 e. The fraction of sp³-hybridized carbons (Fsp3) is 0.238. The van der Waals surface area contributed by atoms with Crippen LogP contribution in [0.5, 0.6) is 0 Å². The molecular formula is C21H21N3O2. The van der Waals surface area contributed by atoms with Crippen molar-refractivity contribution in [2.75, 3.05) is 11.4 Å². The molecule has 4 rings (SSSR count). The fourth-order valence-electron chi connectivity index (χ4n) is 3.52. The summed E-state index contributed by atoms with van der Waals surface area (Å²) in [6.45, 7) is 1.16. The summed E-state index contributed by atoms with van der Waals surface area (Å²) in [7, 11) is 0. The zero-order valence-corrected chi connectivity index (χ0v) is 14.5. The Labute approximate surface area is 152 Å². The van der Waals surface area contributed by atoms with E-state index in [2.05, 4.69) is 28.1 Å². The lowest BCUT2D eigenvalue weighted by molar-refractivity contribution is -0.121. The van der Waals surface area contributed by atoms with Crippen LogP contribution in [0.3, 0.4) is 0 Å². The van der Waals surface area contributed by atoms with E-state index >= 15 is 0 Å². The maximum absolute atomic E-state index is 12.3. The van der Waals surface area contributed by atoms with Gasteiger partial charge in [-0.1, -0.05) is 36.4 Å². The van der Waals surface area contributed by atoms with Crippen LogP contribution >= 0.6 is 0 Å². The molecule has 5 heteroatoms. The van der Waals surface area contributed by atoms with Gasteiger partial charge in [0.25, 0.3) is 0 Å². The Morgan fingerprint density at radius 1 is 1.04 bits per heavy atom. The first-order valence-corrected chi connectivity index (χ1v) is 8.89. The summed E-state index contributed by atoms with van der Waals surface area (Å²) in [6, 6.07) is 19.6. The molecule has 1 unspecified atom stereocenters. The molecular weight excluding hydrogens is 326 g/mol. The minimum atomic E-state index is -0.128. The zero-order chi connectivity index (χ0) is 17.9. The monoisotopic (exact) mass is 347 g/mol.